The number of carbonyl (C=O) groups excluding carboxylic acids is 5. The number of rotatable bonds is 56. The molecule has 8 unspecified atom stereocenters. The lowest BCUT2D eigenvalue weighted by atomic mass is 9.95. The van der Waals surface area contributed by atoms with Crippen LogP contribution in [0.25, 0.3) is 0 Å². The lowest BCUT2D eigenvalue weighted by molar-refractivity contribution is -0.382. The summed E-state index contributed by atoms with van der Waals surface area (Å²) in [4.78, 5) is 64.7. The molecule has 27 nitrogen and oxygen atoms in total. The molecule has 0 saturated carbocycles. The molecule has 3 saturated heterocycles. The largest absolute Gasteiger partial charge is 0.461 e. The highest BCUT2D eigenvalue weighted by Gasteiger charge is 2.54. The van der Waals surface area contributed by atoms with Gasteiger partial charge in [0, 0.05) is 45.9 Å². The maximum atomic E-state index is 13.6. The van der Waals surface area contributed by atoms with Crippen molar-refractivity contribution in [1.82, 2.24) is 16.0 Å². The number of hydrogen-bond acceptors (Lipinski definition) is 24. The van der Waals surface area contributed by atoms with E-state index in [4.69, 9.17) is 46.9 Å². The molecule has 3 fully saturated rings. The van der Waals surface area contributed by atoms with E-state index in [-0.39, 0.29) is 77.0 Å². The number of esters is 2. The number of unbranched alkanes of at least 4 members (excludes halogenated alkanes) is 21. The molecule has 3 heterocycles. The Labute approximate surface area is 588 Å². The highest BCUT2D eigenvalue weighted by atomic mass is 31.2. The summed E-state index contributed by atoms with van der Waals surface area (Å²) in [5.41, 5.74) is 0. The SMILES string of the molecule is CCCCCCCC/C=C\C(CCCCCC)C(=O)OC[C@@H](COP(C)(=O)OCCNC(=O)CCCCC(=O)NCCCO[C@@H]1O[C@@H](CO)[C@@H](O[C@@H]2OC(CO)[C@H](O)[C@H](O)C2O[C@@H]2OC(C)[C@@H](O)[C@H](O)C2O)C(O)C1NC(C)=O)OC(=O)CCCCCCC/C=C/CCCCCCCC. The average Bonchev–Trinajstić information content (AvgIpc) is 0.778. The summed E-state index contributed by atoms with van der Waals surface area (Å²) in [6.07, 6.45) is 13.5. The van der Waals surface area contributed by atoms with Crippen LogP contribution in [0.4, 0.5) is 0 Å². The first kappa shape index (κ1) is 89.6. The Kier molecular flexibility index (Phi) is 48.2. The zero-order chi connectivity index (χ0) is 72.8. The topological polar surface area (TPSA) is 393 Å². The molecule has 11 N–H and O–H groups in total. The number of allylic oxidation sites excluding steroid dienone is 3. The molecule has 0 aromatic carbocycles. The lowest BCUT2D eigenvalue weighted by Crippen LogP contribution is -2.68. The van der Waals surface area contributed by atoms with E-state index in [9.17, 15) is 69.4 Å². The molecule has 0 bridgehead atoms. The molecule has 99 heavy (non-hydrogen) atoms. The molecule has 3 amide bonds. The number of hydrogen-bond donors (Lipinski definition) is 11. The van der Waals surface area contributed by atoms with Crippen molar-refractivity contribution in [2.24, 2.45) is 5.92 Å². The number of nitrogens with one attached hydrogen (secondary N) is 3. The van der Waals surface area contributed by atoms with Crippen molar-refractivity contribution < 1.29 is 116 Å². The quantitative estimate of drug-likeness (QED) is 0.0126. The van der Waals surface area contributed by atoms with Crippen LogP contribution in [0.5, 0.6) is 0 Å². The van der Waals surface area contributed by atoms with Crippen molar-refractivity contribution in [2.75, 3.05) is 59.4 Å². The van der Waals surface area contributed by atoms with Crippen LogP contribution in [0.1, 0.15) is 234 Å². The monoisotopic (exact) mass is 1440 g/mol. The maximum Gasteiger partial charge on any atom is 0.327 e. The van der Waals surface area contributed by atoms with Crippen LogP contribution in [-0.2, 0) is 75.5 Å². The zero-order valence-corrected chi connectivity index (χ0v) is 61.2. The van der Waals surface area contributed by atoms with Crippen molar-refractivity contribution in [1.29, 1.82) is 0 Å². The van der Waals surface area contributed by atoms with Gasteiger partial charge in [-0.15, -0.1) is 0 Å². The van der Waals surface area contributed by atoms with Gasteiger partial charge >= 0.3 is 19.5 Å². The van der Waals surface area contributed by atoms with E-state index in [1.165, 1.54) is 84.7 Å². The normalized spacial score (nSPS) is 27.0. The average molecular weight is 1440 g/mol. The van der Waals surface area contributed by atoms with Gasteiger partial charge in [-0.05, 0) is 77.6 Å². The van der Waals surface area contributed by atoms with Gasteiger partial charge in [-0.1, -0.05) is 154 Å². The Morgan fingerprint density at radius 1 is 0.525 bits per heavy atom. The Morgan fingerprint density at radius 2 is 1.06 bits per heavy atom. The third-order valence-corrected chi connectivity index (χ3v) is 19.1. The summed E-state index contributed by atoms with van der Waals surface area (Å²) < 4.78 is 71.3. The van der Waals surface area contributed by atoms with Crippen LogP contribution in [0.15, 0.2) is 24.3 Å². The fourth-order valence-corrected chi connectivity index (χ4v) is 12.7. The molecule has 3 rings (SSSR count). The molecule has 0 aliphatic carbocycles. The van der Waals surface area contributed by atoms with E-state index in [0.717, 1.165) is 83.5 Å². The van der Waals surface area contributed by atoms with Crippen molar-refractivity contribution in [3.63, 3.8) is 0 Å². The minimum absolute atomic E-state index is 0.00291. The molecular weight excluding hydrogens is 1310 g/mol. The molecule has 3 aliphatic rings. The van der Waals surface area contributed by atoms with Crippen LogP contribution in [0.3, 0.4) is 0 Å². The minimum atomic E-state index is -3.76. The number of carbonyl (C=O) groups is 5. The van der Waals surface area contributed by atoms with E-state index >= 15 is 0 Å². The predicted molar refractivity (Wildman–Crippen MR) is 369 cm³/mol. The number of ether oxygens (including phenoxy) is 8. The van der Waals surface area contributed by atoms with Gasteiger partial charge < -0.3 is 104 Å². The molecular formula is C71H128N3O24P. The predicted octanol–water partition coefficient (Wildman–Crippen LogP) is 7.05. The van der Waals surface area contributed by atoms with Crippen molar-refractivity contribution in [2.45, 2.75) is 332 Å². The van der Waals surface area contributed by atoms with E-state index < -0.39 is 143 Å². The summed E-state index contributed by atoms with van der Waals surface area (Å²) in [5.74, 6) is -2.58. The Bertz CT molecular complexity index is 2290. The Balaban J connectivity index is 1.44. The number of aliphatic hydroxyl groups excluding tert-OH is 8. The summed E-state index contributed by atoms with van der Waals surface area (Å²) in [5, 5.41) is 93.0. The van der Waals surface area contributed by atoms with Crippen molar-refractivity contribution in [3.8, 4) is 0 Å². The maximum absolute atomic E-state index is 13.6. The van der Waals surface area contributed by atoms with E-state index in [2.05, 4.69) is 54.9 Å². The van der Waals surface area contributed by atoms with Gasteiger partial charge in [0.25, 0.3) is 0 Å². The Morgan fingerprint density at radius 3 is 1.66 bits per heavy atom. The fourth-order valence-electron chi connectivity index (χ4n) is 11.8. The van der Waals surface area contributed by atoms with E-state index in [1.54, 1.807) is 0 Å². The van der Waals surface area contributed by atoms with Crippen LogP contribution >= 0.6 is 7.60 Å². The van der Waals surface area contributed by atoms with Gasteiger partial charge in [0.1, 0.15) is 73.7 Å². The molecule has 576 valence electrons. The van der Waals surface area contributed by atoms with Gasteiger partial charge in [-0.2, -0.15) is 0 Å². The molecule has 0 spiro atoms. The Hall–Kier alpha value is -3.58. The molecule has 28 heteroatoms. The summed E-state index contributed by atoms with van der Waals surface area (Å²) >= 11 is 0. The summed E-state index contributed by atoms with van der Waals surface area (Å²) in [7, 11) is -3.76. The smallest absolute Gasteiger partial charge is 0.327 e. The van der Waals surface area contributed by atoms with Crippen LogP contribution < -0.4 is 16.0 Å². The molecule has 0 aromatic heterocycles. The molecule has 0 aromatic rings. The van der Waals surface area contributed by atoms with Gasteiger partial charge in [0.2, 0.25) is 17.7 Å². The zero-order valence-electron chi connectivity index (χ0n) is 60.3. The first-order valence-electron chi connectivity index (χ1n) is 37.1. The summed E-state index contributed by atoms with van der Waals surface area (Å²) in [6, 6.07) is -1.34. The van der Waals surface area contributed by atoms with Gasteiger partial charge in [-0.25, -0.2) is 0 Å². The second-order valence-corrected chi connectivity index (χ2v) is 28.6. The second-order valence-electron chi connectivity index (χ2n) is 26.6. The van der Waals surface area contributed by atoms with Gasteiger partial charge in [0.05, 0.1) is 45.1 Å². The summed E-state index contributed by atoms with van der Waals surface area (Å²) in [6.45, 7) is 8.05. The first-order chi connectivity index (χ1) is 47.6. The van der Waals surface area contributed by atoms with Crippen molar-refractivity contribution in [3.05, 3.63) is 24.3 Å². The van der Waals surface area contributed by atoms with Crippen LogP contribution in [0, 0.1) is 5.92 Å². The number of amides is 3. The highest BCUT2D eigenvalue weighted by molar-refractivity contribution is 7.52. The third-order valence-electron chi connectivity index (χ3n) is 17.8. The molecule has 18 atom stereocenters. The molecule has 3 aliphatic heterocycles. The standard InChI is InChI=1S/C71H128N3O24P/c1-7-10-13-16-18-20-21-22-23-24-25-26-28-30-33-41-58(80)94-53(48-90-68(87)52(37-31-15-12-9-3)38-32-29-27-19-17-14-11-8-2)49-92-99(6,88)91-45-43-73-57(79)40-35-34-39-56(78)72-42-36-44-89-69-59(74-51(5)77)62(83)66(55(47-76)96-69)97-71-67(64(85)61(82)54(46-75)95-71)98-70-65(86)63(84)60(81)50(4)93-70/h22-23,32,38,50,52-55,59-67,69-71,75-76,81-86H,7-21,24-31,33-37,39-49H2,1-6H3,(H,72,78)(H,73,79)(H,74,77)/b23-22+,38-32-/t50?,52?,53-,54?,55-,59?,60+,61-,62?,63-,64-,65?,66+,67?,69+,70-,71-,99?/m0/s1. The molecule has 0 radical (unpaired) electrons. The van der Waals surface area contributed by atoms with Gasteiger partial charge in [-0.3, -0.25) is 28.5 Å². The fraction of sp³-hybridized carbons (Fsp3) is 0.873. The first-order valence-corrected chi connectivity index (χ1v) is 39.1. The van der Waals surface area contributed by atoms with Crippen LogP contribution in [-0.4, -0.2) is 228 Å². The third kappa shape index (κ3) is 37.1. The highest BCUT2D eigenvalue weighted by Crippen LogP contribution is 2.44. The van der Waals surface area contributed by atoms with Crippen molar-refractivity contribution >= 4 is 37.3 Å². The number of aliphatic hydroxyl groups is 8. The minimum Gasteiger partial charge on any atom is -0.461 e. The van der Waals surface area contributed by atoms with E-state index in [1.807, 2.05) is 6.08 Å². The second kappa shape index (κ2) is 53.2. The lowest BCUT2D eigenvalue weighted by Gasteiger charge is -2.49. The van der Waals surface area contributed by atoms with Gasteiger partial charge in [0.15, 0.2) is 25.0 Å². The van der Waals surface area contributed by atoms with E-state index in [0.29, 0.717) is 25.7 Å². The van der Waals surface area contributed by atoms with Crippen LogP contribution in [0.2, 0.25) is 0 Å².